The molecule has 0 unspecified atom stereocenters. The van der Waals surface area contributed by atoms with Crippen LogP contribution in [0.15, 0.2) is 30.3 Å². The van der Waals surface area contributed by atoms with Gasteiger partial charge < -0.3 is 5.32 Å². The summed E-state index contributed by atoms with van der Waals surface area (Å²) in [6.07, 6.45) is 14.3. The summed E-state index contributed by atoms with van der Waals surface area (Å²) in [5.41, 5.74) is 1.55. The van der Waals surface area contributed by atoms with E-state index in [0.717, 1.165) is 17.9 Å². The Morgan fingerprint density at radius 1 is 0.857 bits per heavy atom. The van der Waals surface area contributed by atoms with Gasteiger partial charge in [-0.3, -0.25) is 0 Å². The van der Waals surface area contributed by atoms with E-state index >= 15 is 0 Å². The van der Waals surface area contributed by atoms with Gasteiger partial charge in [-0.25, -0.2) is 0 Å². The topological polar surface area (TPSA) is 12.0 Å². The molecule has 0 heterocycles. The van der Waals surface area contributed by atoms with E-state index in [2.05, 4.69) is 35.6 Å². The van der Waals surface area contributed by atoms with Gasteiger partial charge in [0.1, 0.15) is 0 Å². The summed E-state index contributed by atoms with van der Waals surface area (Å²) in [5, 5.41) is 3.82. The van der Waals surface area contributed by atoms with Gasteiger partial charge in [-0.1, -0.05) is 56.0 Å². The van der Waals surface area contributed by atoms with Crippen LogP contribution in [-0.2, 0) is 0 Å². The van der Waals surface area contributed by atoms with Crippen LogP contribution in [0.2, 0.25) is 0 Å². The lowest BCUT2D eigenvalue weighted by molar-refractivity contribution is 0.336. The first-order valence-corrected chi connectivity index (χ1v) is 9.20. The minimum Gasteiger partial charge on any atom is -0.314 e. The van der Waals surface area contributed by atoms with Crippen LogP contribution in [0.5, 0.6) is 0 Å². The Morgan fingerprint density at radius 2 is 1.57 bits per heavy atom. The predicted molar refractivity (Wildman–Crippen MR) is 90.6 cm³/mol. The molecule has 1 nitrogen and oxygen atoms in total. The van der Waals surface area contributed by atoms with Crippen molar-refractivity contribution < 1.29 is 0 Å². The Labute approximate surface area is 130 Å². The molecule has 0 aliphatic heterocycles. The zero-order valence-corrected chi connectivity index (χ0v) is 13.4. The molecule has 1 heteroatoms. The molecule has 0 atom stereocenters. The number of hydrogen-bond donors (Lipinski definition) is 1. The third kappa shape index (κ3) is 4.57. The number of nitrogens with one attached hydrogen (secondary N) is 1. The molecule has 0 aromatic heterocycles. The fourth-order valence-electron chi connectivity index (χ4n) is 4.35. The molecule has 0 bridgehead atoms. The third-order valence-corrected chi connectivity index (χ3v) is 5.70. The van der Waals surface area contributed by atoms with Crippen molar-refractivity contribution in [1.29, 1.82) is 0 Å². The molecule has 21 heavy (non-hydrogen) atoms. The first-order chi connectivity index (χ1) is 10.4. The third-order valence-electron chi connectivity index (χ3n) is 5.70. The van der Waals surface area contributed by atoms with Crippen molar-refractivity contribution in [2.75, 3.05) is 6.54 Å². The Morgan fingerprint density at radius 3 is 2.29 bits per heavy atom. The van der Waals surface area contributed by atoms with Crippen molar-refractivity contribution >= 4 is 0 Å². The highest BCUT2D eigenvalue weighted by molar-refractivity contribution is 5.20. The maximum atomic E-state index is 3.82. The minimum atomic E-state index is 0.786. The quantitative estimate of drug-likeness (QED) is 0.702. The average molecular weight is 285 g/mol. The van der Waals surface area contributed by atoms with Crippen LogP contribution < -0.4 is 5.32 Å². The normalized spacial score (nSPS) is 27.0. The van der Waals surface area contributed by atoms with Gasteiger partial charge in [0.15, 0.2) is 0 Å². The molecule has 0 radical (unpaired) electrons. The van der Waals surface area contributed by atoms with E-state index in [4.69, 9.17) is 0 Å². The summed E-state index contributed by atoms with van der Waals surface area (Å²) in [6.45, 7) is 1.25. The molecule has 0 amide bonds. The first kappa shape index (κ1) is 15.1. The van der Waals surface area contributed by atoms with E-state index in [-0.39, 0.29) is 0 Å². The van der Waals surface area contributed by atoms with Crippen LogP contribution >= 0.6 is 0 Å². The van der Waals surface area contributed by atoms with Crippen molar-refractivity contribution in [3.05, 3.63) is 35.9 Å². The van der Waals surface area contributed by atoms with Crippen molar-refractivity contribution in [1.82, 2.24) is 5.32 Å². The second-order valence-electron chi connectivity index (χ2n) is 7.21. The summed E-state index contributed by atoms with van der Waals surface area (Å²) in [5.74, 6) is 1.86. The highest BCUT2D eigenvalue weighted by Gasteiger charge is 2.21. The van der Waals surface area contributed by atoms with Crippen molar-refractivity contribution in [3.8, 4) is 0 Å². The Kier molecular flexibility index (Phi) is 5.74. The fraction of sp³-hybridized carbons (Fsp3) is 0.700. The second kappa shape index (κ2) is 7.98. The zero-order valence-electron chi connectivity index (χ0n) is 13.4. The van der Waals surface area contributed by atoms with E-state index in [1.165, 1.54) is 70.8 Å². The summed E-state index contributed by atoms with van der Waals surface area (Å²) in [4.78, 5) is 0. The van der Waals surface area contributed by atoms with Gasteiger partial charge in [-0.15, -0.1) is 0 Å². The van der Waals surface area contributed by atoms with E-state index in [1.807, 2.05) is 0 Å². The lowest BCUT2D eigenvalue weighted by Gasteiger charge is -2.29. The monoisotopic (exact) mass is 285 g/mol. The molecule has 116 valence electrons. The standard InChI is InChI=1S/C20H31N/c1-2-10-18(11-3-1)19-12-14-20(15-13-19)21-16-6-9-17-7-4-5-8-17/h1-3,10-11,17,19-21H,4-9,12-16H2. The smallest absolute Gasteiger partial charge is 0.00674 e. The number of hydrogen-bond acceptors (Lipinski definition) is 1. The molecular weight excluding hydrogens is 254 g/mol. The van der Waals surface area contributed by atoms with Gasteiger partial charge in [0.25, 0.3) is 0 Å². The molecule has 1 N–H and O–H groups in total. The predicted octanol–water partition coefficient (Wildman–Crippen LogP) is 5.27. The molecule has 2 fully saturated rings. The summed E-state index contributed by atoms with van der Waals surface area (Å²) >= 11 is 0. The van der Waals surface area contributed by atoms with Gasteiger partial charge in [-0.05, 0) is 62.5 Å². The van der Waals surface area contributed by atoms with E-state index in [1.54, 1.807) is 5.56 Å². The van der Waals surface area contributed by atoms with Crippen LogP contribution in [0, 0.1) is 5.92 Å². The maximum Gasteiger partial charge on any atom is 0.00674 e. The Balaban J connectivity index is 1.30. The van der Waals surface area contributed by atoms with Crippen molar-refractivity contribution in [2.24, 2.45) is 5.92 Å². The molecule has 3 rings (SSSR count). The van der Waals surface area contributed by atoms with Crippen LogP contribution in [0.4, 0.5) is 0 Å². The summed E-state index contributed by atoms with van der Waals surface area (Å²) in [7, 11) is 0. The van der Waals surface area contributed by atoms with Gasteiger partial charge in [0, 0.05) is 6.04 Å². The molecule has 2 aliphatic rings. The SMILES string of the molecule is c1ccc(C2CCC(NCCCC3CCCC3)CC2)cc1. The zero-order chi connectivity index (χ0) is 14.3. The van der Waals surface area contributed by atoms with E-state index < -0.39 is 0 Å². The number of rotatable bonds is 6. The van der Waals surface area contributed by atoms with Crippen LogP contribution in [0.25, 0.3) is 0 Å². The van der Waals surface area contributed by atoms with Crippen molar-refractivity contribution in [3.63, 3.8) is 0 Å². The van der Waals surface area contributed by atoms with Gasteiger partial charge in [0.05, 0.1) is 0 Å². The summed E-state index contributed by atoms with van der Waals surface area (Å²) in [6, 6.07) is 11.9. The largest absolute Gasteiger partial charge is 0.314 e. The highest BCUT2D eigenvalue weighted by atomic mass is 14.9. The summed E-state index contributed by atoms with van der Waals surface area (Å²) < 4.78 is 0. The average Bonchev–Trinajstić information content (AvgIpc) is 3.06. The van der Waals surface area contributed by atoms with Crippen LogP contribution in [0.3, 0.4) is 0 Å². The molecule has 0 saturated heterocycles. The minimum absolute atomic E-state index is 0.786. The van der Waals surface area contributed by atoms with Gasteiger partial charge in [0.2, 0.25) is 0 Å². The maximum absolute atomic E-state index is 3.82. The lowest BCUT2D eigenvalue weighted by atomic mass is 9.82. The second-order valence-corrected chi connectivity index (χ2v) is 7.21. The van der Waals surface area contributed by atoms with E-state index in [0.29, 0.717) is 0 Å². The number of benzene rings is 1. The molecule has 0 spiro atoms. The molecular formula is C20H31N. The van der Waals surface area contributed by atoms with E-state index in [9.17, 15) is 0 Å². The van der Waals surface area contributed by atoms with Gasteiger partial charge in [-0.2, -0.15) is 0 Å². The van der Waals surface area contributed by atoms with Crippen LogP contribution in [0.1, 0.15) is 75.7 Å². The van der Waals surface area contributed by atoms with Crippen molar-refractivity contribution in [2.45, 2.75) is 76.2 Å². The molecule has 1 aromatic rings. The molecule has 1 aromatic carbocycles. The molecule has 2 aliphatic carbocycles. The first-order valence-electron chi connectivity index (χ1n) is 9.20. The Hall–Kier alpha value is -0.820. The Bertz CT molecular complexity index is 386. The van der Waals surface area contributed by atoms with Gasteiger partial charge >= 0.3 is 0 Å². The molecule has 2 saturated carbocycles. The lowest BCUT2D eigenvalue weighted by Crippen LogP contribution is -2.33. The fourth-order valence-corrected chi connectivity index (χ4v) is 4.35. The highest BCUT2D eigenvalue weighted by Crippen LogP contribution is 2.33. The van der Waals surface area contributed by atoms with Crippen LogP contribution in [-0.4, -0.2) is 12.6 Å².